The van der Waals surface area contributed by atoms with E-state index in [-0.39, 0.29) is 31.0 Å². The molecule has 0 aliphatic carbocycles. The number of thiophene rings is 1. The molecule has 110 valence electrons. The molecule has 5 nitrogen and oxygen atoms in total. The van der Waals surface area contributed by atoms with E-state index < -0.39 is 0 Å². The highest BCUT2D eigenvalue weighted by Crippen LogP contribution is 2.17. The third-order valence-electron chi connectivity index (χ3n) is 3.61. The van der Waals surface area contributed by atoms with E-state index in [1.165, 1.54) is 16.2 Å². The number of amides is 2. The fourth-order valence-electron chi connectivity index (χ4n) is 2.47. The van der Waals surface area contributed by atoms with Crippen LogP contribution in [0.1, 0.15) is 28.9 Å². The van der Waals surface area contributed by atoms with Gasteiger partial charge in [0.2, 0.25) is 5.91 Å². The van der Waals surface area contributed by atoms with Crippen molar-refractivity contribution in [2.24, 2.45) is 0 Å². The molecular weight excluding hydrogens is 276 g/mol. The van der Waals surface area contributed by atoms with Crippen molar-refractivity contribution in [2.45, 2.75) is 25.3 Å². The van der Waals surface area contributed by atoms with Gasteiger partial charge in [0, 0.05) is 13.6 Å². The lowest BCUT2D eigenvalue weighted by molar-refractivity contribution is -0.136. The van der Waals surface area contributed by atoms with Crippen molar-refractivity contribution in [3.63, 3.8) is 0 Å². The maximum atomic E-state index is 12.3. The van der Waals surface area contributed by atoms with E-state index in [0.29, 0.717) is 11.4 Å². The zero-order valence-corrected chi connectivity index (χ0v) is 12.4. The maximum absolute atomic E-state index is 12.3. The minimum Gasteiger partial charge on any atom is -0.394 e. The van der Waals surface area contributed by atoms with Crippen LogP contribution in [0.4, 0.5) is 0 Å². The second-order valence-electron chi connectivity index (χ2n) is 5.06. The molecule has 1 aliphatic heterocycles. The Morgan fingerprint density at radius 3 is 2.95 bits per heavy atom. The maximum Gasteiger partial charge on any atom is 0.264 e. The summed E-state index contributed by atoms with van der Waals surface area (Å²) in [6.45, 7) is 0.729. The van der Waals surface area contributed by atoms with Crippen LogP contribution in [0.2, 0.25) is 0 Å². The summed E-state index contributed by atoms with van der Waals surface area (Å²) in [5.41, 5.74) is 0. The van der Waals surface area contributed by atoms with Crippen molar-refractivity contribution < 1.29 is 14.7 Å². The first-order chi connectivity index (χ1) is 9.63. The number of rotatable bonds is 4. The van der Waals surface area contributed by atoms with E-state index >= 15 is 0 Å². The number of aliphatic hydroxyl groups excluding tert-OH is 1. The van der Waals surface area contributed by atoms with E-state index in [0.717, 1.165) is 19.3 Å². The Balaban J connectivity index is 1.94. The lowest BCUT2D eigenvalue weighted by Gasteiger charge is -2.35. The largest absolute Gasteiger partial charge is 0.394 e. The molecule has 2 rings (SSSR count). The first kappa shape index (κ1) is 15.0. The van der Waals surface area contributed by atoms with Crippen molar-refractivity contribution in [1.82, 2.24) is 9.80 Å². The SMILES string of the molecule is CN(CC(=O)N1CCCCC1CO)C(=O)c1cccs1. The predicted molar refractivity (Wildman–Crippen MR) is 77.7 cm³/mol. The normalized spacial score (nSPS) is 18.9. The first-order valence-corrected chi connectivity index (χ1v) is 7.70. The van der Waals surface area contributed by atoms with Crippen LogP contribution in [0.15, 0.2) is 17.5 Å². The summed E-state index contributed by atoms with van der Waals surface area (Å²) in [6.07, 6.45) is 2.84. The average molecular weight is 296 g/mol. The number of carbonyl (C=O) groups is 2. The summed E-state index contributed by atoms with van der Waals surface area (Å²) in [5.74, 6) is -0.220. The number of likely N-dealkylation sites (N-methyl/N-ethyl adjacent to an activating group) is 1. The molecule has 0 radical (unpaired) electrons. The second kappa shape index (κ2) is 6.85. The van der Waals surface area contributed by atoms with Gasteiger partial charge in [-0.05, 0) is 30.7 Å². The summed E-state index contributed by atoms with van der Waals surface area (Å²) in [4.78, 5) is 28.2. The third-order valence-corrected chi connectivity index (χ3v) is 4.47. The molecule has 0 bridgehead atoms. The van der Waals surface area contributed by atoms with Gasteiger partial charge in [-0.1, -0.05) is 6.07 Å². The van der Waals surface area contributed by atoms with Crippen LogP contribution in [0, 0.1) is 0 Å². The number of hydrogen-bond donors (Lipinski definition) is 1. The van der Waals surface area contributed by atoms with Crippen LogP contribution in [0.25, 0.3) is 0 Å². The number of aliphatic hydroxyl groups is 1. The van der Waals surface area contributed by atoms with Crippen molar-refractivity contribution in [3.05, 3.63) is 22.4 Å². The molecule has 1 aromatic rings. The number of nitrogens with zero attached hydrogens (tertiary/aromatic N) is 2. The number of piperidine rings is 1. The molecule has 0 saturated carbocycles. The molecule has 1 atom stereocenters. The molecular formula is C14H20N2O3S. The number of hydrogen-bond acceptors (Lipinski definition) is 4. The Labute approximate surface area is 122 Å². The van der Waals surface area contributed by atoms with Gasteiger partial charge in [-0.25, -0.2) is 0 Å². The van der Waals surface area contributed by atoms with Gasteiger partial charge in [-0.15, -0.1) is 11.3 Å². The average Bonchev–Trinajstić information content (AvgIpc) is 3.00. The molecule has 1 aliphatic rings. The number of carbonyl (C=O) groups excluding carboxylic acids is 2. The van der Waals surface area contributed by atoms with Gasteiger partial charge in [-0.3, -0.25) is 9.59 Å². The molecule has 1 aromatic heterocycles. The van der Waals surface area contributed by atoms with Gasteiger partial charge in [-0.2, -0.15) is 0 Å². The Morgan fingerprint density at radius 2 is 2.30 bits per heavy atom. The fourth-order valence-corrected chi connectivity index (χ4v) is 3.19. The van der Waals surface area contributed by atoms with Crippen molar-refractivity contribution in [3.8, 4) is 0 Å². The Bertz CT molecular complexity index is 461. The van der Waals surface area contributed by atoms with Gasteiger partial charge in [0.15, 0.2) is 0 Å². The number of likely N-dealkylation sites (tertiary alicyclic amines) is 1. The van der Waals surface area contributed by atoms with Gasteiger partial charge in [0.25, 0.3) is 5.91 Å². The summed E-state index contributed by atoms with van der Waals surface area (Å²) in [7, 11) is 1.64. The van der Waals surface area contributed by atoms with E-state index in [4.69, 9.17) is 0 Å². The zero-order valence-electron chi connectivity index (χ0n) is 11.6. The molecule has 1 unspecified atom stereocenters. The first-order valence-electron chi connectivity index (χ1n) is 6.82. The summed E-state index contributed by atoms with van der Waals surface area (Å²) < 4.78 is 0. The highest BCUT2D eigenvalue weighted by Gasteiger charge is 2.27. The summed E-state index contributed by atoms with van der Waals surface area (Å²) in [6, 6.07) is 3.48. The highest BCUT2D eigenvalue weighted by molar-refractivity contribution is 7.12. The van der Waals surface area contributed by atoms with Crippen LogP contribution >= 0.6 is 11.3 Å². The summed E-state index contributed by atoms with van der Waals surface area (Å²) >= 11 is 1.37. The predicted octanol–water partition coefficient (Wildman–Crippen LogP) is 1.19. The molecule has 1 fully saturated rings. The van der Waals surface area contributed by atoms with Crippen LogP contribution in [-0.4, -0.2) is 59.5 Å². The van der Waals surface area contributed by atoms with E-state index in [1.54, 1.807) is 18.0 Å². The molecule has 1 N–H and O–H groups in total. The molecule has 0 spiro atoms. The molecule has 6 heteroatoms. The smallest absolute Gasteiger partial charge is 0.264 e. The lowest BCUT2D eigenvalue weighted by Crippen LogP contribution is -2.49. The van der Waals surface area contributed by atoms with E-state index in [1.807, 2.05) is 11.4 Å². The van der Waals surface area contributed by atoms with Crippen LogP contribution in [0.3, 0.4) is 0 Å². The monoisotopic (exact) mass is 296 g/mol. The third kappa shape index (κ3) is 3.37. The lowest BCUT2D eigenvalue weighted by atomic mass is 10.0. The van der Waals surface area contributed by atoms with E-state index in [2.05, 4.69) is 0 Å². The van der Waals surface area contributed by atoms with Crippen molar-refractivity contribution >= 4 is 23.2 Å². The van der Waals surface area contributed by atoms with E-state index in [9.17, 15) is 14.7 Å². The summed E-state index contributed by atoms with van der Waals surface area (Å²) in [5, 5.41) is 11.2. The highest BCUT2D eigenvalue weighted by atomic mass is 32.1. The molecule has 20 heavy (non-hydrogen) atoms. The van der Waals surface area contributed by atoms with Gasteiger partial charge in [0.1, 0.15) is 0 Å². The van der Waals surface area contributed by atoms with Crippen LogP contribution < -0.4 is 0 Å². The molecule has 0 aromatic carbocycles. The quantitative estimate of drug-likeness (QED) is 0.908. The minimum atomic E-state index is -0.133. The van der Waals surface area contributed by atoms with Gasteiger partial charge >= 0.3 is 0 Å². The zero-order chi connectivity index (χ0) is 14.5. The van der Waals surface area contributed by atoms with Crippen molar-refractivity contribution in [1.29, 1.82) is 0 Å². The van der Waals surface area contributed by atoms with Gasteiger partial charge in [0.05, 0.1) is 24.1 Å². The molecule has 2 heterocycles. The topological polar surface area (TPSA) is 60.9 Å². The molecule has 1 saturated heterocycles. The Kier molecular flexibility index (Phi) is 5.14. The Morgan fingerprint density at radius 1 is 1.50 bits per heavy atom. The second-order valence-corrected chi connectivity index (χ2v) is 6.01. The fraction of sp³-hybridized carbons (Fsp3) is 0.571. The standard InChI is InChI=1S/C14H20N2O3S/c1-15(14(19)12-6-4-8-20-12)9-13(18)16-7-3-2-5-11(16)10-17/h4,6,8,11,17H,2-3,5,7,9-10H2,1H3. The van der Waals surface area contributed by atoms with Crippen LogP contribution in [-0.2, 0) is 4.79 Å². The Hall–Kier alpha value is -1.40. The minimum absolute atomic E-state index is 0.00563. The van der Waals surface area contributed by atoms with Gasteiger partial charge < -0.3 is 14.9 Å². The van der Waals surface area contributed by atoms with Crippen molar-refractivity contribution in [2.75, 3.05) is 26.7 Å². The van der Waals surface area contributed by atoms with Crippen LogP contribution in [0.5, 0.6) is 0 Å². The molecule has 2 amide bonds.